The van der Waals surface area contributed by atoms with E-state index >= 15 is 0 Å². The number of benzene rings is 1. The van der Waals surface area contributed by atoms with Gasteiger partial charge in [0.05, 0.1) is 11.8 Å². The van der Waals surface area contributed by atoms with Crippen LogP contribution in [0.3, 0.4) is 0 Å². The van der Waals surface area contributed by atoms with Crippen LogP contribution >= 0.6 is 0 Å². The third kappa shape index (κ3) is 5.79. The van der Waals surface area contributed by atoms with Crippen molar-refractivity contribution in [3.8, 4) is 5.75 Å². The van der Waals surface area contributed by atoms with Gasteiger partial charge in [0.2, 0.25) is 5.88 Å². The second-order valence-electron chi connectivity index (χ2n) is 10.5. The number of carbonyl (C=O) groups excluding carboxylic acids is 1. The largest absolute Gasteiger partial charge is 0.490 e. The molecule has 1 aromatic heterocycles. The molecule has 178 valence electrons. The van der Waals surface area contributed by atoms with Gasteiger partial charge in [-0.2, -0.15) is 0 Å². The highest BCUT2D eigenvalue weighted by Gasteiger charge is 2.28. The molecule has 2 aromatic rings. The van der Waals surface area contributed by atoms with Gasteiger partial charge < -0.3 is 14.2 Å². The highest BCUT2D eigenvalue weighted by molar-refractivity contribution is 5.88. The van der Waals surface area contributed by atoms with Crippen LogP contribution in [0.15, 0.2) is 34.4 Å². The van der Waals surface area contributed by atoms with Crippen LogP contribution in [0.4, 0.5) is 10.7 Å². The Bertz CT molecular complexity index is 1010. The first-order chi connectivity index (χ1) is 15.7. The van der Waals surface area contributed by atoms with E-state index in [-0.39, 0.29) is 11.9 Å². The average molecular weight is 452 g/mol. The number of aryl methyl sites for hydroxylation is 1. The summed E-state index contributed by atoms with van der Waals surface area (Å²) in [6.07, 6.45) is 8.13. The molecule has 1 atom stereocenters. The van der Waals surface area contributed by atoms with Gasteiger partial charge in [0, 0.05) is 18.7 Å². The molecular formula is C27H37N3O3. The van der Waals surface area contributed by atoms with Crippen LogP contribution < -0.4 is 10.1 Å². The maximum Gasteiger partial charge on any atom is 0.324 e. The average Bonchev–Trinajstić information content (AvgIpc) is 3.09. The van der Waals surface area contributed by atoms with Crippen molar-refractivity contribution in [1.29, 1.82) is 0 Å². The zero-order chi connectivity index (χ0) is 23.6. The fourth-order valence-electron chi connectivity index (χ4n) is 4.73. The lowest BCUT2D eigenvalue weighted by molar-refractivity contribution is 0.0987. The molecule has 1 saturated carbocycles. The molecule has 0 bridgehead atoms. The third-order valence-electron chi connectivity index (χ3n) is 7.26. The van der Waals surface area contributed by atoms with Crippen molar-refractivity contribution in [2.45, 2.75) is 72.8 Å². The quantitative estimate of drug-likeness (QED) is 0.569. The lowest BCUT2D eigenvalue weighted by Crippen LogP contribution is -2.42. The van der Waals surface area contributed by atoms with Crippen molar-refractivity contribution in [2.24, 2.45) is 11.3 Å². The van der Waals surface area contributed by atoms with E-state index in [4.69, 9.17) is 9.26 Å². The molecule has 33 heavy (non-hydrogen) atoms. The van der Waals surface area contributed by atoms with E-state index in [1.54, 1.807) is 0 Å². The number of hydrogen-bond donors (Lipinski definition) is 1. The number of ether oxygens (including phenoxy) is 1. The zero-order valence-electron chi connectivity index (χ0n) is 20.6. The van der Waals surface area contributed by atoms with Crippen LogP contribution in [0.25, 0.3) is 6.08 Å². The van der Waals surface area contributed by atoms with Crippen molar-refractivity contribution in [3.05, 3.63) is 46.7 Å². The Morgan fingerprint density at radius 3 is 2.70 bits per heavy atom. The first kappa shape index (κ1) is 23.4. The van der Waals surface area contributed by atoms with Crippen molar-refractivity contribution < 1.29 is 14.1 Å². The summed E-state index contributed by atoms with van der Waals surface area (Å²) >= 11 is 0. The van der Waals surface area contributed by atoms with Crippen LogP contribution in [0.1, 0.15) is 69.7 Å². The van der Waals surface area contributed by atoms with Crippen molar-refractivity contribution in [3.63, 3.8) is 0 Å². The number of nitrogens with one attached hydrogen (secondary N) is 1. The first-order valence-electron chi connectivity index (χ1n) is 12.2. The number of nitrogens with zero attached hydrogens (tertiary/aromatic N) is 2. The summed E-state index contributed by atoms with van der Waals surface area (Å²) in [5.41, 5.74) is 4.63. The minimum absolute atomic E-state index is 0.133. The molecule has 1 aromatic carbocycles. The maximum atomic E-state index is 12.7. The number of hydrogen-bond acceptors (Lipinski definition) is 4. The topological polar surface area (TPSA) is 67.6 Å². The number of carbonyl (C=O) groups is 1. The fraction of sp³-hybridized carbons (Fsp3) is 0.556. The second kappa shape index (κ2) is 9.62. The predicted octanol–water partition coefficient (Wildman–Crippen LogP) is 6.60. The summed E-state index contributed by atoms with van der Waals surface area (Å²) in [4.78, 5) is 14.6. The minimum Gasteiger partial charge on any atom is -0.490 e. The number of anilines is 1. The van der Waals surface area contributed by atoms with Gasteiger partial charge in [-0.25, -0.2) is 4.79 Å². The highest BCUT2D eigenvalue weighted by Crippen LogP contribution is 2.37. The number of urea groups is 1. The monoisotopic (exact) mass is 451 g/mol. The molecule has 2 fully saturated rings. The lowest BCUT2D eigenvalue weighted by atomic mass is 9.76. The Kier molecular flexibility index (Phi) is 6.82. The number of piperidine rings is 1. The fourth-order valence-corrected chi connectivity index (χ4v) is 4.73. The Hall–Kier alpha value is -2.76. The summed E-state index contributed by atoms with van der Waals surface area (Å²) in [7, 11) is 0. The van der Waals surface area contributed by atoms with Crippen molar-refractivity contribution >= 4 is 18.0 Å². The van der Waals surface area contributed by atoms with Gasteiger partial charge in [-0.05, 0) is 75.0 Å². The van der Waals surface area contributed by atoms with E-state index in [9.17, 15) is 4.79 Å². The summed E-state index contributed by atoms with van der Waals surface area (Å²) < 4.78 is 11.5. The van der Waals surface area contributed by atoms with Gasteiger partial charge in [0.25, 0.3) is 0 Å². The van der Waals surface area contributed by atoms with E-state index in [2.05, 4.69) is 61.6 Å². The molecule has 2 amide bonds. The highest BCUT2D eigenvalue weighted by atomic mass is 16.5. The Morgan fingerprint density at radius 2 is 2.03 bits per heavy atom. The molecule has 6 nitrogen and oxygen atoms in total. The molecule has 0 radical (unpaired) electrons. The van der Waals surface area contributed by atoms with Crippen LogP contribution in [0.2, 0.25) is 0 Å². The van der Waals surface area contributed by atoms with E-state index in [1.807, 2.05) is 18.7 Å². The van der Waals surface area contributed by atoms with E-state index in [0.717, 1.165) is 41.8 Å². The molecule has 1 aliphatic carbocycles. The molecule has 0 spiro atoms. The van der Waals surface area contributed by atoms with Crippen molar-refractivity contribution in [2.75, 3.05) is 18.4 Å². The van der Waals surface area contributed by atoms with Crippen LogP contribution in [-0.4, -0.2) is 35.3 Å². The predicted molar refractivity (Wildman–Crippen MR) is 131 cm³/mol. The molecule has 1 N–H and O–H groups in total. The van der Waals surface area contributed by atoms with Gasteiger partial charge in [-0.1, -0.05) is 49.7 Å². The molecule has 2 heterocycles. The van der Waals surface area contributed by atoms with Crippen LogP contribution in [-0.2, 0) is 0 Å². The van der Waals surface area contributed by atoms with Crippen molar-refractivity contribution in [1.82, 2.24) is 10.1 Å². The molecular weight excluding hydrogens is 414 g/mol. The Balaban J connectivity index is 1.35. The second-order valence-corrected chi connectivity index (χ2v) is 10.5. The molecule has 1 saturated heterocycles. The normalized spacial score (nSPS) is 22.4. The number of rotatable bonds is 4. The number of amides is 2. The molecule has 1 aliphatic heterocycles. The summed E-state index contributed by atoms with van der Waals surface area (Å²) in [6.45, 7) is 12.0. The Labute approximate surface area is 197 Å². The molecule has 4 rings (SSSR count). The zero-order valence-corrected chi connectivity index (χ0v) is 20.6. The molecule has 6 heteroatoms. The van der Waals surface area contributed by atoms with E-state index in [1.165, 1.54) is 18.4 Å². The SMILES string of the molecule is Cc1noc(NC(=O)N2CCC(=Cc3cccc(OC4CCC(C)(C)CC4)c3)C(C)C2)c1C. The number of likely N-dealkylation sites (tertiary alicyclic amines) is 1. The van der Waals surface area contributed by atoms with Gasteiger partial charge >= 0.3 is 6.03 Å². The molecule has 1 unspecified atom stereocenters. The smallest absolute Gasteiger partial charge is 0.324 e. The molecule has 2 aliphatic rings. The van der Waals surface area contributed by atoms with Gasteiger partial charge in [-0.3, -0.25) is 5.32 Å². The Morgan fingerprint density at radius 1 is 1.27 bits per heavy atom. The van der Waals surface area contributed by atoms with Crippen LogP contribution in [0, 0.1) is 25.2 Å². The summed E-state index contributed by atoms with van der Waals surface area (Å²) in [6, 6.07) is 8.28. The van der Waals surface area contributed by atoms with Crippen LogP contribution in [0.5, 0.6) is 5.75 Å². The van der Waals surface area contributed by atoms with E-state index in [0.29, 0.717) is 30.5 Å². The third-order valence-corrected chi connectivity index (χ3v) is 7.26. The maximum absolute atomic E-state index is 12.7. The summed E-state index contributed by atoms with van der Waals surface area (Å²) in [5.74, 6) is 1.67. The first-order valence-corrected chi connectivity index (χ1v) is 12.2. The standard InChI is InChI=1S/C27H37N3O3/c1-18-17-30(26(31)28-25-19(2)20(3)29-33-25)14-11-22(18)15-21-7-6-8-24(16-21)32-23-9-12-27(4,5)13-10-23/h6-8,15-16,18,23H,9-14,17H2,1-5H3,(H,28,31). The van der Waals surface area contributed by atoms with Gasteiger partial charge in [0.15, 0.2) is 0 Å². The van der Waals surface area contributed by atoms with Gasteiger partial charge in [0.1, 0.15) is 5.75 Å². The van der Waals surface area contributed by atoms with E-state index < -0.39 is 0 Å². The summed E-state index contributed by atoms with van der Waals surface area (Å²) in [5, 5.41) is 6.77. The lowest BCUT2D eigenvalue weighted by Gasteiger charge is -2.34. The number of aromatic nitrogens is 1. The van der Waals surface area contributed by atoms with Gasteiger partial charge in [-0.15, -0.1) is 0 Å². The minimum atomic E-state index is -0.133.